The highest BCUT2D eigenvalue weighted by Crippen LogP contribution is 2.33. The maximum Gasteiger partial charge on any atom is 0.433 e. The molecule has 4 aromatic rings. The predicted octanol–water partition coefficient (Wildman–Crippen LogP) is 4.49. The number of primary sulfonamides is 1. The van der Waals surface area contributed by atoms with Gasteiger partial charge in [0.25, 0.3) is 0 Å². The number of aromatic nitrogens is 3. The fraction of sp³-hybridized carbons (Fsp3) is 0.100. The van der Waals surface area contributed by atoms with Gasteiger partial charge in [-0.2, -0.15) is 18.3 Å². The summed E-state index contributed by atoms with van der Waals surface area (Å²) < 4.78 is 64.5. The summed E-state index contributed by atoms with van der Waals surface area (Å²) in [6.07, 6.45) is -4.69. The van der Waals surface area contributed by atoms with E-state index in [-0.39, 0.29) is 21.2 Å². The van der Waals surface area contributed by atoms with Gasteiger partial charge in [0.2, 0.25) is 10.0 Å². The first-order valence-electron chi connectivity index (χ1n) is 8.81. The number of hydrogen-bond donors (Lipinski definition) is 1. The SMILES string of the molecule is Cc1cc(-c2cc(C(F)(F)F)n3nc(C#Cc4ccc(S(N)(=O)=O)s4)cc3n2)ccc1Cl. The molecule has 0 atom stereocenters. The number of benzene rings is 1. The van der Waals surface area contributed by atoms with Gasteiger partial charge in [0.15, 0.2) is 11.3 Å². The standard InChI is InChI=1S/C20H12ClF3N4O2S2/c1-11-8-12(2-6-15(11)21)16-10-17(20(22,23)24)28-18(26-16)9-13(27-28)3-4-14-5-7-19(31-14)32(25,29)30/h2,5-10H,1H3,(H2,25,29,30). The predicted molar refractivity (Wildman–Crippen MR) is 115 cm³/mol. The molecule has 0 bridgehead atoms. The highest BCUT2D eigenvalue weighted by Gasteiger charge is 2.35. The normalized spacial score (nSPS) is 12.1. The van der Waals surface area contributed by atoms with Crippen LogP contribution in [0.5, 0.6) is 0 Å². The van der Waals surface area contributed by atoms with Gasteiger partial charge in [-0.15, -0.1) is 11.3 Å². The lowest BCUT2D eigenvalue weighted by Gasteiger charge is -2.11. The van der Waals surface area contributed by atoms with Crippen LogP contribution in [-0.2, 0) is 16.2 Å². The second kappa shape index (κ2) is 7.90. The van der Waals surface area contributed by atoms with Crippen LogP contribution < -0.4 is 5.14 Å². The fourth-order valence-corrected chi connectivity index (χ4v) is 4.56. The van der Waals surface area contributed by atoms with Crippen LogP contribution in [0.2, 0.25) is 5.02 Å². The third-order valence-electron chi connectivity index (χ3n) is 4.35. The molecule has 3 aromatic heterocycles. The highest BCUT2D eigenvalue weighted by molar-refractivity contribution is 7.91. The van der Waals surface area contributed by atoms with E-state index in [4.69, 9.17) is 16.7 Å². The lowest BCUT2D eigenvalue weighted by atomic mass is 10.1. The molecule has 0 spiro atoms. The van der Waals surface area contributed by atoms with Crippen LogP contribution in [0.15, 0.2) is 46.7 Å². The minimum absolute atomic E-state index is 0.0388. The summed E-state index contributed by atoms with van der Waals surface area (Å²) in [6, 6.07) is 9.82. The van der Waals surface area contributed by atoms with Crippen LogP contribution >= 0.6 is 22.9 Å². The number of halogens is 4. The fourth-order valence-electron chi connectivity index (χ4n) is 2.86. The van der Waals surface area contributed by atoms with E-state index in [1.165, 1.54) is 18.2 Å². The first-order chi connectivity index (χ1) is 14.9. The summed E-state index contributed by atoms with van der Waals surface area (Å²) in [7, 11) is -3.86. The Labute approximate surface area is 189 Å². The van der Waals surface area contributed by atoms with Gasteiger partial charge in [-0.25, -0.2) is 23.1 Å². The minimum atomic E-state index is -4.69. The van der Waals surface area contributed by atoms with E-state index in [0.717, 1.165) is 17.4 Å². The molecule has 0 aliphatic rings. The van der Waals surface area contributed by atoms with Crippen molar-refractivity contribution in [1.82, 2.24) is 14.6 Å². The highest BCUT2D eigenvalue weighted by atomic mass is 35.5. The van der Waals surface area contributed by atoms with Gasteiger partial charge in [-0.1, -0.05) is 17.7 Å². The second-order valence-electron chi connectivity index (χ2n) is 6.70. The molecule has 0 unspecified atom stereocenters. The number of rotatable bonds is 2. The zero-order chi connectivity index (χ0) is 23.3. The lowest BCUT2D eigenvalue weighted by Crippen LogP contribution is -2.13. The zero-order valence-electron chi connectivity index (χ0n) is 16.1. The van der Waals surface area contributed by atoms with Gasteiger partial charge in [0.05, 0.1) is 10.6 Å². The van der Waals surface area contributed by atoms with E-state index in [1.54, 1.807) is 25.1 Å². The quantitative estimate of drug-likeness (QED) is 0.414. The Hall–Kier alpha value is -2.91. The number of fused-ring (bicyclic) bond motifs is 1. The molecule has 12 heteroatoms. The summed E-state index contributed by atoms with van der Waals surface area (Å²) in [5.74, 6) is 5.32. The average molecular weight is 497 g/mol. The van der Waals surface area contributed by atoms with Crippen LogP contribution in [0.4, 0.5) is 13.2 Å². The van der Waals surface area contributed by atoms with Gasteiger partial charge in [-0.05, 0) is 54.7 Å². The Morgan fingerprint density at radius 3 is 2.50 bits per heavy atom. The first-order valence-corrected chi connectivity index (χ1v) is 11.5. The smallest absolute Gasteiger partial charge is 0.228 e. The summed E-state index contributed by atoms with van der Waals surface area (Å²) in [6.45, 7) is 1.74. The van der Waals surface area contributed by atoms with Gasteiger partial charge < -0.3 is 0 Å². The third-order valence-corrected chi connectivity index (χ3v) is 7.21. The number of sulfonamides is 1. The molecule has 0 amide bonds. The maximum absolute atomic E-state index is 13.7. The number of nitrogens with two attached hydrogens (primary N) is 1. The number of nitrogens with zero attached hydrogens (tertiary/aromatic N) is 3. The van der Waals surface area contributed by atoms with Gasteiger partial charge >= 0.3 is 6.18 Å². The molecule has 0 saturated carbocycles. The Morgan fingerprint density at radius 1 is 1.12 bits per heavy atom. The van der Waals surface area contributed by atoms with E-state index >= 15 is 0 Å². The van der Waals surface area contributed by atoms with Gasteiger partial charge in [0, 0.05) is 16.7 Å². The van der Waals surface area contributed by atoms with Crippen molar-refractivity contribution in [2.24, 2.45) is 5.14 Å². The number of thiophene rings is 1. The van der Waals surface area contributed by atoms with Crippen molar-refractivity contribution >= 4 is 38.6 Å². The largest absolute Gasteiger partial charge is 0.433 e. The minimum Gasteiger partial charge on any atom is -0.228 e. The topological polar surface area (TPSA) is 90.4 Å². The number of hydrogen-bond acceptors (Lipinski definition) is 5. The van der Waals surface area contributed by atoms with Crippen molar-refractivity contribution in [3.05, 3.63) is 69.3 Å². The van der Waals surface area contributed by atoms with Crippen LogP contribution in [-0.4, -0.2) is 23.0 Å². The van der Waals surface area contributed by atoms with Crippen molar-refractivity contribution in [2.45, 2.75) is 17.3 Å². The van der Waals surface area contributed by atoms with Gasteiger partial charge in [0.1, 0.15) is 9.90 Å². The van der Waals surface area contributed by atoms with Crippen molar-refractivity contribution in [3.8, 4) is 23.1 Å². The molecule has 2 N–H and O–H groups in total. The van der Waals surface area contributed by atoms with Crippen molar-refractivity contribution in [1.29, 1.82) is 0 Å². The molecule has 32 heavy (non-hydrogen) atoms. The van der Waals surface area contributed by atoms with Crippen LogP contribution in [0.3, 0.4) is 0 Å². The molecule has 0 fully saturated rings. The third kappa shape index (κ3) is 4.49. The Morgan fingerprint density at radius 2 is 1.88 bits per heavy atom. The molecular formula is C20H12ClF3N4O2S2. The van der Waals surface area contributed by atoms with Crippen molar-refractivity contribution in [2.75, 3.05) is 0 Å². The molecule has 3 heterocycles. The number of alkyl halides is 3. The van der Waals surface area contributed by atoms with Crippen molar-refractivity contribution in [3.63, 3.8) is 0 Å². The molecule has 4 rings (SSSR count). The Bertz CT molecular complexity index is 1530. The first kappa shape index (κ1) is 22.3. The molecule has 1 aromatic carbocycles. The second-order valence-corrected chi connectivity index (χ2v) is 9.98. The molecule has 0 saturated heterocycles. The molecule has 6 nitrogen and oxygen atoms in total. The Kier molecular flexibility index (Phi) is 5.50. The summed E-state index contributed by atoms with van der Waals surface area (Å²) in [4.78, 5) is 4.67. The van der Waals surface area contributed by atoms with E-state index < -0.39 is 21.9 Å². The molecule has 0 radical (unpaired) electrons. The molecule has 0 aliphatic heterocycles. The van der Waals surface area contributed by atoms with Gasteiger partial charge in [-0.3, -0.25) is 0 Å². The molecular weight excluding hydrogens is 485 g/mol. The van der Waals surface area contributed by atoms with E-state index in [0.29, 0.717) is 25.5 Å². The monoisotopic (exact) mass is 496 g/mol. The molecule has 164 valence electrons. The zero-order valence-corrected chi connectivity index (χ0v) is 18.5. The summed E-state index contributed by atoms with van der Waals surface area (Å²) in [5.41, 5.74) is 0.282. The Balaban J connectivity index is 1.81. The van der Waals surface area contributed by atoms with E-state index in [2.05, 4.69) is 21.9 Å². The van der Waals surface area contributed by atoms with Crippen LogP contribution in [0.25, 0.3) is 16.9 Å². The summed E-state index contributed by atoms with van der Waals surface area (Å²) >= 11 is 6.86. The maximum atomic E-state index is 13.7. The summed E-state index contributed by atoms with van der Waals surface area (Å²) in [5, 5.41) is 9.47. The van der Waals surface area contributed by atoms with Crippen LogP contribution in [0, 0.1) is 18.8 Å². The average Bonchev–Trinajstić information content (AvgIpc) is 3.33. The lowest BCUT2D eigenvalue weighted by molar-refractivity contribution is -0.142. The van der Waals surface area contributed by atoms with E-state index in [9.17, 15) is 21.6 Å². The van der Waals surface area contributed by atoms with Crippen LogP contribution in [0.1, 0.15) is 21.8 Å². The molecule has 0 aliphatic carbocycles. The van der Waals surface area contributed by atoms with Crippen molar-refractivity contribution < 1.29 is 21.6 Å². The van der Waals surface area contributed by atoms with E-state index in [1.807, 2.05) is 0 Å². The number of aryl methyl sites for hydroxylation is 1.